The summed E-state index contributed by atoms with van der Waals surface area (Å²) < 4.78 is 24.2. The number of methoxy groups -OCH3 is 1. The predicted molar refractivity (Wildman–Crippen MR) is 172 cm³/mol. The summed E-state index contributed by atoms with van der Waals surface area (Å²) in [7, 11) is 3.27. The molecule has 2 saturated heterocycles. The second-order valence-electron chi connectivity index (χ2n) is 11.9. The quantitative estimate of drug-likeness (QED) is 0.226. The molecule has 242 valence electrons. The topological polar surface area (TPSA) is 126 Å². The number of piperidine rings is 1. The smallest absolute Gasteiger partial charge is 0.318 e. The number of carbonyl (C=O) groups excluding carboxylic acids is 3. The van der Waals surface area contributed by atoms with Gasteiger partial charge in [0, 0.05) is 68.4 Å². The van der Waals surface area contributed by atoms with Gasteiger partial charge in [0.1, 0.15) is 11.6 Å². The minimum absolute atomic E-state index is 0.0222. The number of anilines is 3. The van der Waals surface area contributed by atoms with Crippen LogP contribution in [0, 0.1) is 5.82 Å². The number of nitrogens with zero attached hydrogens (tertiary/aromatic N) is 4. The van der Waals surface area contributed by atoms with Gasteiger partial charge in [0.25, 0.3) is 5.91 Å². The predicted octanol–water partition coefficient (Wildman–Crippen LogP) is 5.18. The van der Waals surface area contributed by atoms with Gasteiger partial charge in [0.05, 0.1) is 17.6 Å². The lowest BCUT2D eigenvalue weighted by Crippen LogP contribution is -2.48. The maximum atomic E-state index is 13.8. The van der Waals surface area contributed by atoms with Crippen LogP contribution in [0.4, 0.5) is 21.6 Å². The number of amides is 2. The van der Waals surface area contributed by atoms with Crippen LogP contribution in [0.3, 0.4) is 0 Å². The fraction of sp³-hybridized carbons (Fsp3) is 0.424. The molecule has 1 saturated carbocycles. The maximum absolute atomic E-state index is 13.8. The molecule has 0 spiro atoms. The minimum atomic E-state index is -0.660. The van der Waals surface area contributed by atoms with E-state index in [1.807, 2.05) is 18.2 Å². The SMILES string of the molecule is COc1nc(Nc2ccc(F)c(Cl)c2)c2cc(NC(=O)C=CCN3CCC(N(C)C(=O)C4CCC(=O)O4)CC3)c(C3CC3)cc2n1. The van der Waals surface area contributed by atoms with Crippen molar-refractivity contribution in [3.05, 3.63) is 58.9 Å². The van der Waals surface area contributed by atoms with Crippen LogP contribution in [0.2, 0.25) is 5.02 Å². The first-order chi connectivity index (χ1) is 22.2. The molecule has 0 bridgehead atoms. The van der Waals surface area contributed by atoms with E-state index in [4.69, 9.17) is 21.1 Å². The number of ether oxygens (including phenoxy) is 2. The number of hydrogen-bond donors (Lipinski definition) is 2. The van der Waals surface area contributed by atoms with Gasteiger partial charge in [0.15, 0.2) is 6.10 Å². The summed E-state index contributed by atoms with van der Waals surface area (Å²) in [5, 5.41) is 6.87. The van der Waals surface area contributed by atoms with Gasteiger partial charge >= 0.3 is 12.0 Å². The third-order valence-corrected chi connectivity index (χ3v) is 9.02. The highest BCUT2D eigenvalue weighted by atomic mass is 35.5. The highest BCUT2D eigenvalue weighted by Gasteiger charge is 2.35. The first-order valence-electron chi connectivity index (χ1n) is 15.5. The van der Waals surface area contributed by atoms with E-state index in [9.17, 15) is 18.8 Å². The number of likely N-dealkylation sites (N-methyl/N-ethyl adjacent to an activating group) is 1. The molecule has 1 unspecified atom stereocenters. The number of nitrogens with one attached hydrogen (secondary N) is 2. The molecule has 1 aliphatic carbocycles. The van der Waals surface area contributed by atoms with Gasteiger partial charge in [-0.3, -0.25) is 19.3 Å². The molecule has 0 radical (unpaired) electrons. The summed E-state index contributed by atoms with van der Waals surface area (Å²) in [6.45, 7) is 2.18. The van der Waals surface area contributed by atoms with Gasteiger partial charge < -0.3 is 25.0 Å². The Bertz CT molecular complexity index is 1690. The van der Waals surface area contributed by atoms with Crippen molar-refractivity contribution < 1.29 is 28.2 Å². The van der Waals surface area contributed by atoms with Crippen molar-refractivity contribution in [1.29, 1.82) is 0 Å². The fourth-order valence-corrected chi connectivity index (χ4v) is 6.17. The van der Waals surface area contributed by atoms with Gasteiger partial charge in [0.2, 0.25) is 5.91 Å². The monoisotopic (exact) mass is 650 g/mol. The molecule has 2 aliphatic heterocycles. The molecule has 3 fully saturated rings. The van der Waals surface area contributed by atoms with Gasteiger partial charge in [-0.1, -0.05) is 17.7 Å². The third kappa shape index (κ3) is 7.23. The zero-order chi connectivity index (χ0) is 32.4. The number of rotatable bonds is 10. The molecule has 1 aromatic heterocycles. The molecule has 13 heteroatoms. The van der Waals surface area contributed by atoms with Crippen molar-refractivity contribution in [2.24, 2.45) is 0 Å². The molecule has 1 atom stereocenters. The molecular weight excluding hydrogens is 615 g/mol. The van der Waals surface area contributed by atoms with Crippen LogP contribution < -0.4 is 15.4 Å². The number of carbonyl (C=O) groups is 3. The largest absolute Gasteiger partial charge is 0.467 e. The zero-order valence-electron chi connectivity index (χ0n) is 25.7. The highest BCUT2D eigenvalue weighted by Crippen LogP contribution is 2.45. The molecule has 2 N–H and O–H groups in total. The van der Waals surface area contributed by atoms with E-state index in [2.05, 4.69) is 25.5 Å². The van der Waals surface area contributed by atoms with E-state index in [1.54, 1.807) is 24.1 Å². The second-order valence-corrected chi connectivity index (χ2v) is 12.3. The lowest BCUT2D eigenvalue weighted by Gasteiger charge is -2.37. The Hall–Kier alpha value is -4.29. The molecule has 2 aromatic carbocycles. The minimum Gasteiger partial charge on any atom is -0.467 e. The molecule has 6 rings (SSSR count). The molecule has 3 aromatic rings. The number of esters is 1. The number of hydrogen-bond acceptors (Lipinski definition) is 9. The summed E-state index contributed by atoms with van der Waals surface area (Å²) in [5.41, 5.74) is 2.87. The summed E-state index contributed by atoms with van der Waals surface area (Å²) >= 11 is 5.99. The van der Waals surface area contributed by atoms with Crippen LogP contribution in [-0.4, -0.2) is 83.5 Å². The lowest BCUT2D eigenvalue weighted by molar-refractivity contribution is -0.153. The van der Waals surface area contributed by atoms with Crippen molar-refractivity contribution >= 4 is 57.5 Å². The van der Waals surface area contributed by atoms with Gasteiger partial charge in [-0.15, -0.1) is 0 Å². The average Bonchev–Trinajstić information content (AvgIpc) is 3.81. The molecule has 11 nitrogen and oxygen atoms in total. The van der Waals surface area contributed by atoms with E-state index in [0.717, 1.165) is 44.3 Å². The summed E-state index contributed by atoms with van der Waals surface area (Å²) in [6, 6.07) is 8.38. The van der Waals surface area contributed by atoms with Crippen LogP contribution in [0.15, 0.2) is 42.5 Å². The van der Waals surface area contributed by atoms with Crippen LogP contribution in [0.1, 0.15) is 50.0 Å². The van der Waals surface area contributed by atoms with Crippen molar-refractivity contribution in [1.82, 2.24) is 19.8 Å². The Morgan fingerprint density at radius 1 is 1.15 bits per heavy atom. The molecule has 2 amide bonds. The number of benzene rings is 2. The molecule has 46 heavy (non-hydrogen) atoms. The Morgan fingerprint density at radius 2 is 1.93 bits per heavy atom. The standard InChI is InChI=1S/C33H36ClFN6O5/c1-40(32(44)28-9-10-30(43)46-28)21-11-14-41(15-12-21)13-3-4-29(42)37-26-18-23-27(17-22(26)19-5-6-19)38-33(45-2)39-31(23)36-20-7-8-25(35)24(34)16-20/h3-4,7-8,16-19,21,28H,5-6,9-15H2,1-2H3,(H,37,42)(H,36,38,39). The number of aromatic nitrogens is 2. The van der Waals surface area contributed by atoms with Crippen LogP contribution in [0.5, 0.6) is 6.01 Å². The van der Waals surface area contributed by atoms with Crippen molar-refractivity contribution in [2.45, 2.75) is 56.6 Å². The Balaban J connectivity index is 1.10. The zero-order valence-corrected chi connectivity index (χ0v) is 26.5. The second kappa shape index (κ2) is 13.6. The van der Waals surface area contributed by atoms with E-state index >= 15 is 0 Å². The van der Waals surface area contributed by atoms with Gasteiger partial charge in [-0.25, -0.2) is 4.39 Å². The first kappa shape index (κ1) is 31.7. The van der Waals surface area contributed by atoms with Crippen molar-refractivity contribution in [2.75, 3.05) is 44.4 Å². The normalized spacial score (nSPS) is 19.0. The van der Waals surface area contributed by atoms with Crippen molar-refractivity contribution in [3.8, 4) is 6.01 Å². The fourth-order valence-electron chi connectivity index (χ4n) is 5.99. The average molecular weight is 651 g/mol. The molecule has 3 heterocycles. The van der Waals surface area contributed by atoms with Crippen molar-refractivity contribution in [3.63, 3.8) is 0 Å². The Morgan fingerprint density at radius 3 is 2.61 bits per heavy atom. The van der Waals surface area contributed by atoms with E-state index in [0.29, 0.717) is 53.4 Å². The van der Waals surface area contributed by atoms with Gasteiger partial charge in [-0.05, 0) is 67.5 Å². The molecular formula is C33H36ClFN6O5. The van der Waals surface area contributed by atoms with Crippen LogP contribution >= 0.6 is 11.6 Å². The highest BCUT2D eigenvalue weighted by molar-refractivity contribution is 6.31. The lowest BCUT2D eigenvalue weighted by atomic mass is 10.0. The summed E-state index contributed by atoms with van der Waals surface area (Å²) in [5.74, 6) is -0.467. The molecule has 3 aliphatic rings. The summed E-state index contributed by atoms with van der Waals surface area (Å²) in [6.07, 6.45) is 7.12. The number of likely N-dealkylation sites (tertiary alicyclic amines) is 1. The third-order valence-electron chi connectivity index (χ3n) is 8.73. The number of fused-ring (bicyclic) bond motifs is 1. The van der Waals surface area contributed by atoms with Gasteiger partial charge in [-0.2, -0.15) is 9.97 Å². The van der Waals surface area contributed by atoms with Crippen LogP contribution in [0.25, 0.3) is 10.9 Å². The summed E-state index contributed by atoms with van der Waals surface area (Å²) in [4.78, 5) is 50.2. The maximum Gasteiger partial charge on any atom is 0.318 e. The number of halogens is 2. The number of cyclic esters (lactones) is 1. The van der Waals surface area contributed by atoms with Crippen LogP contribution in [-0.2, 0) is 19.1 Å². The Kier molecular flexibility index (Phi) is 9.37. The first-order valence-corrected chi connectivity index (χ1v) is 15.8. The Labute approximate surface area is 271 Å². The van der Waals surface area contributed by atoms with E-state index in [-0.39, 0.29) is 34.9 Å². The van der Waals surface area contributed by atoms with E-state index in [1.165, 1.54) is 19.2 Å². The van der Waals surface area contributed by atoms with E-state index < -0.39 is 11.9 Å².